The maximum atomic E-state index is 5.34. The molecule has 8 heteroatoms. The normalized spacial score (nSPS) is 11.4. The summed E-state index contributed by atoms with van der Waals surface area (Å²) in [5, 5.41) is 10.1. The first-order valence-electron chi connectivity index (χ1n) is 6.91. The van der Waals surface area contributed by atoms with Gasteiger partial charge in [-0.15, -0.1) is 11.3 Å². The topological polar surface area (TPSA) is 64.7 Å². The van der Waals surface area contributed by atoms with Gasteiger partial charge in [-0.1, -0.05) is 16.9 Å². The molecule has 0 radical (unpaired) electrons. The smallest absolute Gasteiger partial charge is 0.237 e. The molecule has 0 aliphatic carbocycles. The average Bonchev–Trinajstić information content (AvgIpc) is 3.27. The molecular weight excluding hydrogens is 348 g/mol. The third-order valence-electron chi connectivity index (χ3n) is 3.51. The predicted octanol–water partition coefficient (Wildman–Crippen LogP) is 4.71. The summed E-state index contributed by atoms with van der Waals surface area (Å²) in [7, 11) is 0. The van der Waals surface area contributed by atoms with Crippen LogP contribution in [0.4, 0.5) is 0 Å². The molecule has 4 aromatic heterocycles. The van der Waals surface area contributed by atoms with Gasteiger partial charge in [0.2, 0.25) is 11.7 Å². The van der Waals surface area contributed by atoms with Gasteiger partial charge < -0.3 is 4.52 Å². The van der Waals surface area contributed by atoms with Crippen LogP contribution in [0.1, 0.15) is 16.3 Å². The van der Waals surface area contributed by atoms with E-state index in [9.17, 15) is 0 Å². The van der Waals surface area contributed by atoms with Crippen LogP contribution in [0, 0.1) is 13.8 Å². The Hall–Kier alpha value is -1.77. The minimum Gasteiger partial charge on any atom is -0.338 e. The van der Waals surface area contributed by atoms with Crippen molar-refractivity contribution in [1.82, 2.24) is 20.1 Å². The SMILES string of the molecule is Cc1sc2ncnc(SCc3nc(-c4ccsc4)no3)c2c1C. The highest BCUT2D eigenvalue weighted by Gasteiger charge is 2.14. The van der Waals surface area contributed by atoms with Crippen LogP contribution < -0.4 is 0 Å². The van der Waals surface area contributed by atoms with E-state index in [-0.39, 0.29) is 0 Å². The van der Waals surface area contributed by atoms with E-state index in [0.717, 1.165) is 20.8 Å². The van der Waals surface area contributed by atoms with E-state index >= 15 is 0 Å². The zero-order valence-corrected chi connectivity index (χ0v) is 14.9. The molecule has 4 heterocycles. The number of hydrogen-bond donors (Lipinski definition) is 0. The molecule has 0 aromatic carbocycles. The summed E-state index contributed by atoms with van der Waals surface area (Å²) in [5.41, 5.74) is 2.24. The van der Waals surface area contributed by atoms with E-state index in [1.54, 1.807) is 40.8 Å². The van der Waals surface area contributed by atoms with Gasteiger partial charge in [-0.3, -0.25) is 0 Å². The highest BCUT2D eigenvalue weighted by Crippen LogP contribution is 2.35. The lowest BCUT2D eigenvalue weighted by Gasteiger charge is -2.00. The lowest BCUT2D eigenvalue weighted by atomic mass is 10.2. The average molecular weight is 360 g/mol. The number of hydrogen-bond acceptors (Lipinski definition) is 8. The molecule has 23 heavy (non-hydrogen) atoms. The molecule has 0 aliphatic rings. The van der Waals surface area contributed by atoms with Gasteiger partial charge in [-0.05, 0) is 30.9 Å². The van der Waals surface area contributed by atoms with Crippen LogP contribution in [-0.4, -0.2) is 20.1 Å². The molecule has 0 N–H and O–H groups in total. The summed E-state index contributed by atoms with van der Waals surface area (Å²) < 4.78 is 5.34. The molecule has 0 fully saturated rings. The van der Waals surface area contributed by atoms with Gasteiger partial charge >= 0.3 is 0 Å². The summed E-state index contributed by atoms with van der Waals surface area (Å²) in [6.45, 7) is 4.23. The molecule has 0 amide bonds. The van der Waals surface area contributed by atoms with Crippen molar-refractivity contribution >= 4 is 44.7 Å². The Bertz CT molecular complexity index is 959. The molecule has 0 unspecified atom stereocenters. The Kier molecular flexibility index (Phi) is 3.88. The van der Waals surface area contributed by atoms with Crippen molar-refractivity contribution in [3.63, 3.8) is 0 Å². The number of fused-ring (bicyclic) bond motifs is 1. The van der Waals surface area contributed by atoms with E-state index in [2.05, 4.69) is 34.0 Å². The van der Waals surface area contributed by atoms with Gasteiger partial charge in [-0.25, -0.2) is 9.97 Å². The summed E-state index contributed by atoms with van der Waals surface area (Å²) in [6, 6.07) is 1.98. The second-order valence-electron chi connectivity index (χ2n) is 4.95. The number of thioether (sulfide) groups is 1. The van der Waals surface area contributed by atoms with Gasteiger partial charge in [0.1, 0.15) is 16.2 Å². The summed E-state index contributed by atoms with van der Waals surface area (Å²) in [6.07, 6.45) is 1.62. The Morgan fingerprint density at radius 2 is 2.17 bits per heavy atom. The second kappa shape index (κ2) is 6.03. The molecule has 0 aliphatic heterocycles. The maximum Gasteiger partial charge on any atom is 0.237 e. The van der Waals surface area contributed by atoms with Crippen molar-refractivity contribution in [2.75, 3.05) is 0 Å². The fraction of sp³-hybridized carbons (Fsp3) is 0.200. The van der Waals surface area contributed by atoms with Crippen molar-refractivity contribution in [1.29, 1.82) is 0 Å². The molecule has 116 valence electrons. The van der Waals surface area contributed by atoms with E-state index in [1.165, 1.54) is 10.4 Å². The monoisotopic (exact) mass is 360 g/mol. The van der Waals surface area contributed by atoms with Gasteiger partial charge in [0.25, 0.3) is 0 Å². The van der Waals surface area contributed by atoms with Crippen molar-refractivity contribution in [3.05, 3.63) is 39.5 Å². The van der Waals surface area contributed by atoms with Crippen LogP contribution in [-0.2, 0) is 5.75 Å². The molecule has 0 bridgehead atoms. The van der Waals surface area contributed by atoms with Crippen LogP contribution >= 0.6 is 34.4 Å². The van der Waals surface area contributed by atoms with Crippen molar-refractivity contribution < 1.29 is 4.52 Å². The zero-order chi connectivity index (χ0) is 15.8. The fourth-order valence-electron chi connectivity index (χ4n) is 2.21. The quantitative estimate of drug-likeness (QED) is 0.388. The molecule has 4 rings (SSSR count). The fourth-order valence-corrected chi connectivity index (χ4v) is 4.80. The van der Waals surface area contributed by atoms with E-state index < -0.39 is 0 Å². The number of aromatic nitrogens is 4. The Morgan fingerprint density at radius 1 is 1.26 bits per heavy atom. The maximum absolute atomic E-state index is 5.34. The van der Waals surface area contributed by atoms with Gasteiger partial charge in [0.05, 0.1) is 5.75 Å². The minimum atomic E-state index is 0.595. The van der Waals surface area contributed by atoms with E-state index in [4.69, 9.17) is 4.52 Å². The molecule has 0 spiro atoms. The summed E-state index contributed by atoms with van der Waals surface area (Å²) >= 11 is 4.92. The molecule has 4 aromatic rings. The van der Waals surface area contributed by atoms with Crippen LogP contribution in [0.5, 0.6) is 0 Å². The third-order valence-corrected chi connectivity index (χ3v) is 6.28. The molecular formula is C15H12N4OS3. The number of aryl methyl sites for hydroxylation is 2. The first kappa shape index (κ1) is 14.8. The van der Waals surface area contributed by atoms with Gasteiger partial charge in [0.15, 0.2) is 0 Å². The van der Waals surface area contributed by atoms with Crippen molar-refractivity contribution in [2.24, 2.45) is 0 Å². The van der Waals surface area contributed by atoms with Gasteiger partial charge in [0, 0.05) is 21.2 Å². The zero-order valence-electron chi connectivity index (χ0n) is 12.4. The Morgan fingerprint density at radius 3 is 3.00 bits per heavy atom. The first-order chi connectivity index (χ1) is 11.2. The lowest BCUT2D eigenvalue weighted by Crippen LogP contribution is -1.87. The van der Waals surface area contributed by atoms with Crippen molar-refractivity contribution in [2.45, 2.75) is 24.6 Å². The first-order valence-corrected chi connectivity index (χ1v) is 9.65. The highest BCUT2D eigenvalue weighted by molar-refractivity contribution is 7.98. The van der Waals surface area contributed by atoms with Gasteiger partial charge in [-0.2, -0.15) is 16.3 Å². The van der Waals surface area contributed by atoms with Crippen LogP contribution in [0.3, 0.4) is 0 Å². The molecule has 5 nitrogen and oxygen atoms in total. The van der Waals surface area contributed by atoms with E-state index in [1.807, 2.05) is 16.8 Å². The largest absolute Gasteiger partial charge is 0.338 e. The van der Waals surface area contributed by atoms with Crippen molar-refractivity contribution in [3.8, 4) is 11.4 Å². The predicted molar refractivity (Wildman–Crippen MR) is 94.1 cm³/mol. The molecule has 0 saturated carbocycles. The number of thiophene rings is 2. The second-order valence-corrected chi connectivity index (χ2v) is 7.90. The lowest BCUT2D eigenvalue weighted by molar-refractivity contribution is 0.391. The van der Waals surface area contributed by atoms with Crippen LogP contribution in [0.2, 0.25) is 0 Å². The van der Waals surface area contributed by atoms with E-state index in [0.29, 0.717) is 17.5 Å². The Balaban J connectivity index is 1.58. The standard InChI is InChI=1S/C15H12N4OS3/c1-8-9(2)23-15-12(8)14(16-7-17-15)22-6-11-18-13(19-20-11)10-3-4-21-5-10/h3-5,7H,6H2,1-2H3. The molecule has 0 atom stereocenters. The minimum absolute atomic E-state index is 0.595. The highest BCUT2D eigenvalue weighted by atomic mass is 32.2. The summed E-state index contributed by atoms with van der Waals surface area (Å²) in [4.78, 5) is 15.5. The summed E-state index contributed by atoms with van der Waals surface area (Å²) in [5.74, 6) is 1.84. The Labute approximate surface area is 144 Å². The number of rotatable bonds is 4. The number of nitrogens with zero attached hydrogens (tertiary/aromatic N) is 4. The van der Waals surface area contributed by atoms with Crippen LogP contribution in [0.25, 0.3) is 21.6 Å². The van der Waals surface area contributed by atoms with Crippen LogP contribution in [0.15, 0.2) is 32.7 Å². The third kappa shape index (κ3) is 2.77. The molecule has 0 saturated heterocycles.